The molecule has 2 aromatic carbocycles. The lowest BCUT2D eigenvalue weighted by Gasteiger charge is -2.34. The number of aryl methyl sites for hydroxylation is 1. The SMILES string of the molecule is CCc1ccc2c(c1)N(CC(=O)O)C(=O)C(c1ccccc1)O2. The van der Waals surface area contributed by atoms with E-state index in [-0.39, 0.29) is 12.5 Å². The fourth-order valence-corrected chi connectivity index (χ4v) is 2.67. The number of carboxylic acid groups (broad SMARTS) is 1. The number of aliphatic carboxylic acids is 1. The largest absolute Gasteiger partial charge is 0.480 e. The minimum Gasteiger partial charge on any atom is -0.480 e. The van der Waals surface area contributed by atoms with Crippen LogP contribution in [0.25, 0.3) is 0 Å². The van der Waals surface area contributed by atoms with Crippen LogP contribution in [0.4, 0.5) is 5.69 Å². The molecule has 1 heterocycles. The maximum Gasteiger partial charge on any atom is 0.323 e. The molecule has 3 rings (SSSR count). The molecule has 5 heteroatoms. The number of benzene rings is 2. The molecule has 0 radical (unpaired) electrons. The topological polar surface area (TPSA) is 66.8 Å². The first-order chi connectivity index (χ1) is 11.1. The molecule has 1 aliphatic heterocycles. The van der Waals surface area contributed by atoms with Crippen molar-refractivity contribution >= 4 is 17.6 Å². The van der Waals surface area contributed by atoms with E-state index in [2.05, 4.69) is 0 Å². The smallest absolute Gasteiger partial charge is 0.323 e. The van der Waals surface area contributed by atoms with Crippen LogP contribution in [-0.2, 0) is 16.0 Å². The molecule has 1 amide bonds. The standard InChI is InChI=1S/C18H17NO4/c1-2-12-8-9-15-14(10-12)19(11-16(20)21)18(22)17(23-15)13-6-4-3-5-7-13/h3-10,17H,2,11H2,1H3,(H,20,21). The number of carbonyl (C=O) groups is 2. The molecule has 0 saturated heterocycles. The predicted molar refractivity (Wildman–Crippen MR) is 85.6 cm³/mol. The maximum absolute atomic E-state index is 12.8. The molecule has 0 saturated carbocycles. The minimum absolute atomic E-state index is 0.362. The van der Waals surface area contributed by atoms with Gasteiger partial charge in [0.2, 0.25) is 6.10 Å². The van der Waals surface area contributed by atoms with Gasteiger partial charge in [-0.1, -0.05) is 43.3 Å². The third kappa shape index (κ3) is 2.90. The van der Waals surface area contributed by atoms with Crippen molar-refractivity contribution in [3.8, 4) is 5.75 Å². The van der Waals surface area contributed by atoms with Gasteiger partial charge in [-0.05, 0) is 24.1 Å². The van der Waals surface area contributed by atoms with Gasteiger partial charge in [-0.15, -0.1) is 0 Å². The Kier molecular flexibility index (Phi) is 4.02. The van der Waals surface area contributed by atoms with Gasteiger partial charge in [-0.25, -0.2) is 0 Å². The summed E-state index contributed by atoms with van der Waals surface area (Å²) in [5, 5.41) is 9.16. The van der Waals surface area contributed by atoms with Crippen LogP contribution in [0.3, 0.4) is 0 Å². The molecule has 0 fully saturated rings. The molecule has 0 spiro atoms. The average Bonchev–Trinajstić information content (AvgIpc) is 2.57. The van der Waals surface area contributed by atoms with Crippen LogP contribution in [0.2, 0.25) is 0 Å². The molecule has 23 heavy (non-hydrogen) atoms. The van der Waals surface area contributed by atoms with E-state index in [1.54, 1.807) is 18.2 Å². The van der Waals surface area contributed by atoms with E-state index in [1.807, 2.05) is 37.3 Å². The first-order valence-corrected chi connectivity index (χ1v) is 7.48. The Hall–Kier alpha value is -2.82. The van der Waals surface area contributed by atoms with Gasteiger partial charge in [0.1, 0.15) is 12.3 Å². The van der Waals surface area contributed by atoms with Crippen molar-refractivity contribution in [2.45, 2.75) is 19.4 Å². The summed E-state index contributed by atoms with van der Waals surface area (Å²) >= 11 is 0. The first kappa shape index (κ1) is 15.1. The number of ether oxygens (including phenoxy) is 1. The number of anilines is 1. The predicted octanol–water partition coefficient (Wildman–Crippen LogP) is 2.80. The fraction of sp³-hybridized carbons (Fsp3) is 0.222. The van der Waals surface area contributed by atoms with Gasteiger partial charge in [-0.2, -0.15) is 0 Å². The van der Waals surface area contributed by atoms with Crippen molar-refractivity contribution in [1.82, 2.24) is 0 Å². The second kappa shape index (κ2) is 6.12. The zero-order chi connectivity index (χ0) is 16.4. The summed E-state index contributed by atoms with van der Waals surface area (Å²) in [6, 6.07) is 14.6. The van der Waals surface area contributed by atoms with Crippen molar-refractivity contribution in [3.63, 3.8) is 0 Å². The summed E-state index contributed by atoms with van der Waals surface area (Å²) in [4.78, 5) is 25.2. The average molecular weight is 311 g/mol. The minimum atomic E-state index is -1.06. The molecule has 1 aliphatic rings. The summed E-state index contributed by atoms with van der Waals surface area (Å²) in [6.07, 6.45) is -0.0275. The summed E-state index contributed by atoms with van der Waals surface area (Å²) in [5.74, 6) is -0.892. The molecule has 118 valence electrons. The third-order valence-corrected chi connectivity index (χ3v) is 3.85. The Bertz CT molecular complexity index is 742. The van der Waals surface area contributed by atoms with Gasteiger partial charge in [-0.3, -0.25) is 14.5 Å². The van der Waals surface area contributed by atoms with E-state index in [4.69, 9.17) is 9.84 Å². The Morgan fingerprint density at radius 2 is 1.96 bits per heavy atom. The second-order valence-corrected chi connectivity index (χ2v) is 5.38. The molecule has 1 N–H and O–H groups in total. The van der Waals surface area contributed by atoms with E-state index < -0.39 is 12.1 Å². The Balaban J connectivity index is 2.06. The van der Waals surface area contributed by atoms with Crippen LogP contribution >= 0.6 is 0 Å². The van der Waals surface area contributed by atoms with Crippen molar-refractivity contribution in [1.29, 1.82) is 0 Å². The highest BCUT2D eigenvalue weighted by Crippen LogP contribution is 2.39. The van der Waals surface area contributed by atoms with Gasteiger partial charge < -0.3 is 9.84 Å². The molecule has 0 aromatic heterocycles. The third-order valence-electron chi connectivity index (χ3n) is 3.85. The lowest BCUT2D eigenvalue weighted by Crippen LogP contribution is -2.43. The quantitative estimate of drug-likeness (QED) is 0.943. The number of amides is 1. The highest BCUT2D eigenvalue weighted by Gasteiger charge is 2.36. The van der Waals surface area contributed by atoms with Crippen molar-refractivity contribution in [2.24, 2.45) is 0 Å². The monoisotopic (exact) mass is 311 g/mol. The van der Waals surface area contributed by atoms with Crippen LogP contribution in [0, 0.1) is 0 Å². The van der Waals surface area contributed by atoms with Crippen LogP contribution in [-0.4, -0.2) is 23.5 Å². The Morgan fingerprint density at radius 1 is 1.22 bits per heavy atom. The summed E-state index contributed by atoms with van der Waals surface area (Å²) in [7, 11) is 0. The van der Waals surface area contributed by atoms with Gasteiger partial charge in [0.25, 0.3) is 5.91 Å². The summed E-state index contributed by atoms with van der Waals surface area (Å²) < 4.78 is 5.86. The number of fused-ring (bicyclic) bond motifs is 1. The number of hydrogen-bond donors (Lipinski definition) is 1. The van der Waals surface area contributed by atoms with Crippen LogP contribution in [0.15, 0.2) is 48.5 Å². The molecular weight excluding hydrogens is 294 g/mol. The molecule has 5 nitrogen and oxygen atoms in total. The number of rotatable bonds is 4. The molecule has 2 aromatic rings. The van der Waals surface area contributed by atoms with Gasteiger partial charge in [0, 0.05) is 5.56 Å². The van der Waals surface area contributed by atoms with Gasteiger partial charge >= 0.3 is 5.97 Å². The van der Waals surface area contributed by atoms with Gasteiger partial charge in [0.15, 0.2) is 0 Å². The zero-order valence-corrected chi connectivity index (χ0v) is 12.7. The Labute approximate surface area is 134 Å². The molecule has 0 bridgehead atoms. The number of carboxylic acids is 1. The lowest BCUT2D eigenvalue weighted by molar-refractivity contribution is -0.138. The van der Waals surface area contributed by atoms with Crippen LogP contribution in [0.5, 0.6) is 5.75 Å². The molecule has 0 aliphatic carbocycles. The highest BCUT2D eigenvalue weighted by atomic mass is 16.5. The number of carbonyl (C=O) groups excluding carboxylic acids is 1. The van der Waals surface area contributed by atoms with E-state index >= 15 is 0 Å². The van der Waals surface area contributed by atoms with Crippen LogP contribution in [0.1, 0.15) is 24.2 Å². The number of nitrogens with zero attached hydrogens (tertiary/aromatic N) is 1. The Morgan fingerprint density at radius 3 is 2.61 bits per heavy atom. The first-order valence-electron chi connectivity index (χ1n) is 7.48. The van der Waals surface area contributed by atoms with Gasteiger partial charge in [0.05, 0.1) is 5.69 Å². The maximum atomic E-state index is 12.8. The fourth-order valence-electron chi connectivity index (χ4n) is 2.67. The van der Waals surface area contributed by atoms with E-state index in [1.165, 1.54) is 4.90 Å². The van der Waals surface area contributed by atoms with E-state index in [9.17, 15) is 9.59 Å². The highest BCUT2D eigenvalue weighted by molar-refractivity contribution is 6.03. The van der Waals surface area contributed by atoms with Crippen LogP contribution < -0.4 is 9.64 Å². The molecular formula is C18H17NO4. The molecule has 1 atom stereocenters. The normalized spacial score (nSPS) is 16.7. The number of hydrogen-bond acceptors (Lipinski definition) is 3. The van der Waals surface area contributed by atoms with Crippen molar-refractivity contribution in [2.75, 3.05) is 11.4 Å². The second-order valence-electron chi connectivity index (χ2n) is 5.38. The zero-order valence-electron chi connectivity index (χ0n) is 12.7. The lowest BCUT2D eigenvalue weighted by atomic mass is 10.0. The van der Waals surface area contributed by atoms with Crippen molar-refractivity contribution < 1.29 is 19.4 Å². The molecule has 1 unspecified atom stereocenters. The van der Waals surface area contributed by atoms with E-state index in [0.29, 0.717) is 17.0 Å². The van der Waals surface area contributed by atoms with Crippen molar-refractivity contribution in [3.05, 3.63) is 59.7 Å². The summed E-state index contributed by atoms with van der Waals surface area (Å²) in [6.45, 7) is 1.62. The summed E-state index contributed by atoms with van der Waals surface area (Å²) in [5.41, 5.74) is 2.25. The van der Waals surface area contributed by atoms with E-state index in [0.717, 1.165) is 12.0 Å².